The number of nitrogens with zero attached hydrogens (tertiary/aromatic N) is 1. The van der Waals surface area contributed by atoms with Crippen LogP contribution in [0.1, 0.15) is 45.2 Å². The Morgan fingerprint density at radius 2 is 1.95 bits per heavy atom. The molecule has 0 amide bonds. The highest BCUT2D eigenvalue weighted by molar-refractivity contribution is 7.48. The van der Waals surface area contributed by atoms with Crippen LogP contribution in [0.15, 0.2) is 24.3 Å². The van der Waals surface area contributed by atoms with E-state index in [1.54, 1.807) is 5.30 Å². The normalized spacial score (nSPS) is 18.1. The smallest absolute Gasteiger partial charge is 0.0494 e. The van der Waals surface area contributed by atoms with E-state index in [4.69, 9.17) is 0 Å². The lowest BCUT2D eigenvalue weighted by atomic mass is 10.1. The van der Waals surface area contributed by atoms with Crippen LogP contribution in [-0.2, 0) is 0 Å². The standard InChI is InChI=1S/C15H22NP.C2H6/c1-4-11-16(5-2)14-10-9-13-8-6-7-12(3)15(13)17-14;1-2/h6-10,14,17H,4-5,11H2,1-3H3;1-2H3. The Bertz CT molecular complexity index is 412. The lowest BCUT2D eigenvalue weighted by Gasteiger charge is -2.31. The maximum atomic E-state index is 2.59. The molecule has 1 nitrogen and oxygen atoms in total. The van der Waals surface area contributed by atoms with Crippen LogP contribution in [0.2, 0.25) is 0 Å². The minimum atomic E-state index is 0.619. The van der Waals surface area contributed by atoms with Crippen molar-refractivity contribution in [1.82, 2.24) is 4.90 Å². The molecule has 106 valence electrons. The zero-order valence-corrected chi connectivity index (χ0v) is 14.0. The molecule has 1 aromatic rings. The largest absolute Gasteiger partial charge is 0.293 e. The van der Waals surface area contributed by atoms with Crippen LogP contribution < -0.4 is 5.30 Å². The summed E-state index contributed by atoms with van der Waals surface area (Å²) in [4.78, 5) is 2.59. The van der Waals surface area contributed by atoms with Gasteiger partial charge in [-0.15, -0.1) is 0 Å². The van der Waals surface area contributed by atoms with Crippen molar-refractivity contribution >= 4 is 20.0 Å². The summed E-state index contributed by atoms with van der Waals surface area (Å²) < 4.78 is 0. The molecule has 2 atom stereocenters. The number of hydrogen-bond acceptors (Lipinski definition) is 1. The van der Waals surface area contributed by atoms with Gasteiger partial charge in [-0.2, -0.15) is 0 Å². The van der Waals surface area contributed by atoms with Crippen molar-refractivity contribution in [2.24, 2.45) is 0 Å². The lowest BCUT2D eigenvalue weighted by Crippen LogP contribution is -2.34. The number of aryl methyl sites for hydroxylation is 1. The van der Waals surface area contributed by atoms with Crippen molar-refractivity contribution in [3.05, 3.63) is 35.4 Å². The van der Waals surface area contributed by atoms with Gasteiger partial charge in [0.2, 0.25) is 0 Å². The molecule has 0 radical (unpaired) electrons. The summed E-state index contributed by atoms with van der Waals surface area (Å²) in [5.41, 5.74) is 2.87. The molecular formula is C17H28NP. The first-order valence-corrected chi connectivity index (χ1v) is 8.62. The van der Waals surface area contributed by atoms with Crippen molar-refractivity contribution in [3.8, 4) is 0 Å². The highest BCUT2D eigenvalue weighted by Crippen LogP contribution is 2.31. The summed E-state index contributed by atoms with van der Waals surface area (Å²) in [6.07, 6.45) is 5.94. The molecule has 2 rings (SSSR count). The average molecular weight is 277 g/mol. The molecular weight excluding hydrogens is 249 g/mol. The van der Waals surface area contributed by atoms with Gasteiger partial charge in [0.15, 0.2) is 0 Å². The lowest BCUT2D eigenvalue weighted by molar-refractivity contribution is 0.298. The average Bonchev–Trinajstić information content (AvgIpc) is 2.47. The zero-order valence-electron chi connectivity index (χ0n) is 13.0. The minimum Gasteiger partial charge on any atom is -0.293 e. The second-order valence-electron chi connectivity index (χ2n) is 4.62. The molecule has 1 aromatic carbocycles. The van der Waals surface area contributed by atoms with E-state index in [1.165, 1.54) is 24.1 Å². The Morgan fingerprint density at radius 1 is 1.21 bits per heavy atom. The molecule has 1 aliphatic rings. The Labute approximate surface area is 120 Å². The van der Waals surface area contributed by atoms with E-state index >= 15 is 0 Å². The van der Waals surface area contributed by atoms with E-state index in [0.717, 1.165) is 15.1 Å². The van der Waals surface area contributed by atoms with Gasteiger partial charge in [0.05, 0.1) is 0 Å². The fraction of sp³-hybridized carbons (Fsp3) is 0.529. The number of likely N-dealkylation sites (N-methyl/N-ethyl adjacent to an activating group) is 1. The van der Waals surface area contributed by atoms with Crippen molar-refractivity contribution in [2.75, 3.05) is 13.1 Å². The molecule has 0 saturated heterocycles. The molecule has 0 bridgehead atoms. The van der Waals surface area contributed by atoms with Crippen LogP contribution in [0.3, 0.4) is 0 Å². The molecule has 0 aromatic heterocycles. The van der Waals surface area contributed by atoms with E-state index in [2.05, 4.69) is 56.0 Å². The zero-order chi connectivity index (χ0) is 14.3. The predicted molar refractivity (Wildman–Crippen MR) is 90.8 cm³/mol. The van der Waals surface area contributed by atoms with Crippen LogP contribution in [0, 0.1) is 6.92 Å². The number of hydrogen-bond donors (Lipinski definition) is 0. The van der Waals surface area contributed by atoms with Gasteiger partial charge in [0.25, 0.3) is 0 Å². The van der Waals surface area contributed by atoms with E-state index in [0.29, 0.717) is 5.78 Å². The molecule has 19 heavy (non-hydrogen) atoms. The molecule has 0 N–H and O–H groups in total. The monoisotopic (exact) mass is 277 g/mol. The van der Waals surface area contributed by atoms with Crippen LogP contribution >= 0.6 is 8.58 Å². The fourth-order valence-corrected chi connectivity index (χ4v) is 4.04. The topological polar surface area (TPSA) is 3.24 Å². The van der Waals surface area contributed by atoms with E-state index in [9.17, 15) is 0 Å². The third-order valence-electron chi connectivity index (χ3n) is 3.37. The molecule has 0 spiro atoms. The van der Waals surface area contributed by atoms with Crippen LogP contribution in [0.5, 0.6) is 0 Å². The quantitative estimate of drug-likeness (QED) is 0.737. The molecule has 2 unspecified atom stereocenters. The third kappa shape index (κ3) is 4.16. The maximum Gasteiger partial charge on any atom is 0.0494 e. The van der Waals surface area contributed by atoms with Crippen LogP contribution in [0.4, 0.5) is 0 Å². The van der Waals surface area contributed by atoms with E-state index in [-0.39, 0.29) is 0 Å². The molecule has 2 heteroatoms. The Kier molecular flexibility index (Phi) is 7.34. The third-order valence-corrected chi connectivity index (χ3v) is 5.19. The van der Waals surface area contributed by atoms with Crippen molar-refractivity contribution in [1.29, 1.82) is 0 Å². The van der Waals surface area contributed by atoms with Crippen molar-refractivity contribution in [2.45, 2.75) is 46.8 Å². The molecule has 0 aliphatic carbocycles. The van der Waals surface area contributed by atoms with E-state index < -0.39 is 0 Å². The van der Waals surface area contributed by atoms with Crippen LogP contribution in [-0.4, -0.2) is 23.8 Å². The van der Waals surface area contributed by atoms with Crippen LogP contribution in [0.25, 0.3) is 6.08 Å². The Morgan fingerprint density at radius 3 is 2.58 bits per heavy atom. The van der Waals surface area contributed by atoms with Crippen molar-refractivity contribution in [3.63, 3.8) is 0 Å². The second kappa shape index (κ2) is 8.51. The summed E-state index contributed by atoms with van der Waals surface area (Å²) in [6.45, 7) is 13.1. The first kappa shape index (κ1) is 16.4. The summed E-state index contributed by atoms with van der Waals surface area (Å²) >= 11 is 0. The highest BCUT2D eigenvalue weighted by atomic mass is 31.1. The summed E-state index contributed by atoms with van der Waals surface area (Å²) in [6, 6.07) is 6.63. The Balaban J connectivity index is 0.000000861. The summed E-state index contributed by atoms with van der Waals surface area (Å²) in [5.74, 6) is 0.619. The van der Waals surface area contributed by atoms with Gasteiger partial charge in [0, 0.05) is 5.78 Å². The van der Waals surface area contributed by atoms with Gasteiger partial charge >= 0.3 is 0 Å². The van der Waals surface area contributed by atoms with Gasteiger partial charge in [-0.05, 0) is 42.9 Å². The molecule has 1 heterocycles. The molecule has 1 aliphatic heterocycles. The highest BCUT2D eigenvalue weighted by Gasteiger charge is 2.19. The van der Waals surface area contributed by atoms with Gasteiger partial charge in [-0.1, -0.05) is 66.6 Å². The Hall–Kier alpha value is -0.650. The van der Waals surface area contributed by atoms with E-state index in [1.807, 2.05) is 13.8 Å². The van der Waals surface area contributed by atoms with Gasteiger partial charge in [-0.25, -0.2) is 0 Å². The fourth-order valence-electron chi connectivity index (χ4n) is 2.41. The van der Waals surface area contributed by atoms with Gasteiger partial charge in [-0.3, -0.25) is 4.90 Å². The first-order valence-electron chi connectivity index (χ1n) is 7.54. The number of benzene rings is 1. The SMILES string of the molecule is CC.CCCN(CC)C1C=Cc2cccc(C)c2P1. The molecule has 0 fully saturated rings. The van der Waals surface area contributed by atoms with Crippen molar-refractivity contribution < 1.29 is 0 Å². The predicted octanol–water partition coefficient (Wildman–Crippen LogP) is 4.41. The molecule has 0 saturated carbocycles. The second-order valence-corrected chi connectivity index (χ2v) is 6.00. The minimum absolute atomic E-state index is 0.619. The summed E-state index contributed by atoms with van der Waals surface area (Å²) in [5, 5.41) is 1.56. The van der Waals surface area contributed by atoms with Gasteiger partial charge < -0.3 is 0 Å². The number of rotatable bonds is 4. The first-order chi connectivity index (χ1) is 9.26. The summed E-state index contributed by atoms with van der Waals surface area (Å²) in [7, 11) is 0.899. The number of fused-ring (bicyclic) bond motifs is 1. The maximum absolute atomic E-state index is 2.59. The van der Waals surface area contributed by atoms with Gasteiger partial charge in [0.1, 0.15) is 0 Å².